The minimum absolute atomic E-state index is 0.0575. The fourth-order valence-corrected chi connectivity index (χ4v) is 3.11. The van der Waals surface area contributed by atoms with E-state index < -0.39 is 27.3 Å². The summed E-state index contributed by atoms with van der Waals surface area (Å²) in [6.45, 7) is 4.72. The second-order valence-electron chi connectivity index (χ2n) is 6.57. The zero-order valence-electron chi connectivity index (χ0n) is 15.7. The molecule has 2 aromatic rings. The Balaban J connectivity index is 1.68. The van der Waals surface area contributed by atoms with E-state index in [9.17, 15) is 25.0 Å². The molecular formula is C17H20N6O6. The fourth-order valence-electron chi connectivity index (χ4n) is 3.11. The van der Waals surface area contributed by atoms with Gasteiger partial charge in [-0.3, -0.25) is 19.8 Å². The average Bonchev–Trinajstić information content (AvgIpc) is 2.99. The third-order valence-electron chi connectivity index (χ3n) is 4.53. The maximum Gasteiger partial charge on any atom is 0.468 e. The Bertz CT molecular complexity index is 936. The van der Waals surface area contributed by atoms with Gasteiger partial charge in [0.15, 0.2) is 0 Å². The molecule has 0 saturated carbocycles. The minimum Gasteiger partial charge on any atom is -0.379 e. The largest absolute Gasteiger partial charge is 0.468 e. The average molecular weight is 404 g/mol. The number of benzene rings is 1. The molecule has 1 saturated heterocycles. The second kappa shape index (κ2) is 8.75. The number of ether oxygens (including phenoxy) is 1. The number of carbonyl (C=O) groups is 1. The van der Waals surface area contributed by atoms with E-state index in [0.29, 0.717) is 18.9 Å². The highest BCUT2D eigenvalue weighted by atomic mass is 16.6. The Kier molecular flexibility index (Phi) is 6.14. The third kappa shape index (κ3) is 4.92. The molecule has 1 aromatic carbocycles. The Morgan fingerprint density at radius 1 is 1.24 bits per heavy atom. The molecule has 12 nitrogen and oxygen atoms in total. The van der Waals surface area contributed by atoms with Gasteiger partial charge in [0.05, 0.1) is 23.2 Å². The summed E-state index contributed by atoms with van der Waals surface area (Å²) in [7, 11) is 0. The van der Waals surface area contributed by atoms with E-state index in [1.54, 1.807) is 6.07 Å². The number of morpholine rings is 1. The van der Waals surface area contributed by atoms with Gasteiger partial charge in [-0.25, -0.2) is 0 Å². The molecule has 0 spiro atoms. The predicted molar refractivity (Wildman–Crippen MR) is 101 cm³/mol. The third-order valence-corrected chi connectivity index (χ3v) is 4.53. The molecule has 154 valence electrons. The number of anilines is 1. The number of nitrogens with one attached hydrogen (secondary N) is 1. The molecule has 2 heterocycles. The van der Waals surface area contributed by atoms with Crippen molar-refractivity contribution in [1.29, 1.82) is 0 Å². The van der Waals surface area contributed by atoms with Crippen LogP contribution in [0.3, 0.4) is 0 Å². The Hall–Kier alpha value is -3.38. The molecule has 29 heavy (non-hydrogen) atoms. The van der Waals surface area contributed by atoms with Crippen LogP contribution in [0.2, 0.25) is 0 Å². The van der Waals surface area contributed by atoms with Gasteiger partial charge in [-0.2, -0.15) is 4.68 Å². The molecule has 0 unspecified atom stereocenters. The quantitative estimate of drug-likeness (QED) is 0.539. The lowest BCUT2D eigenvalue weighted by molar-refractivity contribution is -0.424. The minimum atomic E-state index is -0.936. The van der Waals surface area contributed by atoms with Crippen LogP contribution in [0.15, 0.2) is 24.3 Å². The van der Waals surface area contributed by atoms with E-state index in [1.807, 2.05) is 18.2 Å². The molecule has 3 rings (SSSR count). The number of amides is 1. The number of hydrogen-bond acceptors (Lipinski definition) is 8. The summed E-state index contributed by atoms with van der Waals surface area (Å²) in [6, 6.07) is 7.34. The van der Waals surface area contributed by atoms with E-state index in [4.69, 9.17) is 4.74 Å². The van der Waals surface area contributed by atoms with Gasteiger partial charge in [0.2, 0.25) is 5.91 Å². The molecule has 1 N–H and O–H groups in total. The molecule has 0 aliphatic carbocycles. The highest BCUT2D eigenvalue weighted by Gasteiger charge is 2.35. The lowest BCUT2D eigenvalue weighted by Crippen LogP contribution is -2.35. The van der Waals surface area contributed by atoms with Crippen molar-refractivity contribution in [3.05, 3.63) is 55.8 Å². The molecule has 0 atom stereocenters. The van der Waals surface area contributed by atoms with Crippen molar-refractivity contribution in [3.63, 3.8) is 0 Å². The van der Waals surface area contributed by atoms with Crippen LogP contribution in [0.5, 0.6) is 0 Å². The van der Waals surface area contributed by atoms with Crippen LogP contribution >= 0.6 is 0 Å². The molecule has 0 radical (unpaired) electrons. The number of rotatable bonds is 7. The monoisotopic (exact) mass is 404 g/mol. The van der Waals surface area contributed by atoms with Crippen molar-refractivity contribution in [2.24, 2.45) is 0 Å². The van der Waals surface area contributed by atoms with E-state index in [2.05, 4.69) is 15.3 Å². The van der Waals surface area contributed by atoms with Crippen molar-refractivity contribution in [1.82, 2.24) is 14.7 Å². The maximum absolute atomic E-state index is 12.4. The van der Waals surface area contributed by atoms with Crippen LogP contribution in [0.25, 0.3) is 0 Å². The Morgan fingerprint density at radius 2 is 1.97 bits per heavy atom. The van der Waals surface area contributed by atoms with Crippen molar-refractivity contribution < 1.29 is 19.4 Å². The summed E-state index contributed by atoms with van der Waals surface area (Å²) in [5.74, 6) is -1.38. The molecule has 1 fully saturated rings. The highest BCUT2D eigenvalue weighted by molar-refractivity contribution is 5.90. The van der Waals surface area contributed by atoms with E-state index in [1.165, 1.54) is 6.92 Å². The zero-order valence-corrected chi connectivity index (χ0v) is 15.7. The summed E-state index contributed by atoms with van der Waals surface area (Å²) >= 11 is 0. The standard InChI is InChI=1S/C17H20N6O6/c1-12-16(22(25)26)17(23(27)28)19-21(12)11-15(24)18-14-4-2-3-13(9-14)10-20-5-7-29-8-6-20/h2-4,9H,5-8,10-11H2,1H3,(H,18,24). The molecular weight excluding hydrogens is 384 g/mol. The Labute approximate surface area is 165 Å². The number of hydrogen-bond donors (Lipinski definition) is 1. The van der Waals surface area contributed by atoms with E-state index >= 15 is 0 Å². The molecule has 1 amide bonds. The summed E-state index contributed by atoms with van der Waals surface area (Å²) in [5.41, 5.74) is 0.814. The summed E-state index contributed by atoms with van der Waals surface area (Å²) in [6.07, 6.45) is 0. The first-order chi connectivity index (χ1) is 13.8. The van der Waals surface area contributed by atoms with Crippen LogP contribution in [-0.4, -0.2) is 56.7 Å². The van der Waals surface area contributed by atoms with E-state index in [0.717, 1.165) is 29.9 Å². The molecule has 0 bridgehead atoms. The van der Waals surface area contributed by atoms with Crippen molar-refractivity contribution in [2.75, 3.05) is 31.6 Å². The van der Waals surface area contributed by atoms with Gasteiger partial charge in [0.1, 0.15) is 12.2 Å². The summed E-state index contributed by atoms with van der Waals surface area (Å²) in [4.78, 5) is 34.9. The number of aromatic nitrogens is 2. The summed E-state index contributed by atoms with van der Waals surface area (Å²) in [5, 5.41) is 28.4. The van der Waals surface area contributed by atoms with Crippen LogP contribution in [0, 0.1) is 27.2 Å². The van der Waals surface area contributed by atoms with Crippen molar-refractivity contribution in [2.45, 2.75) is 20.0 Å². The number of nitrogens with zero attached hydrogens (tertiary/aromatic N) is 5. The van der Waals surface area contributed by atoms with Gasteiger partial charge in [0.25, 0.3) is 0 Å². The van der Waals surface area contributed by atoms with Gasteiger partial charge in [0, 0.05) is 25.3 Å². The van der Waals surface area contributed by atoms with Gasteiger partial charge in [-0.05, 0) is 29.5 Å². The lowest BCUT2D eigenvalue weighted by atomic mass is 10.2. The van der Waals surface area contributed by atoms with E-state index in [-0.39, 0.29) is 12.2 Å². The van der Waals surface area contributed by atoms with Gasteiger partial charge < -0.3 is 20.2 Å². The van der Waals surface area contributed by atoms with Crippen molar-refractivity contribution in [3.8, 4) is 0 Å². The van der Waals surface area contributed by atoms with Gasteiger partial charge in [-0.1, -0.05) is 12.1 Å². The molecule has 1 aliphatic heterocycles. The highest BCUT2D eigenvalue weighted by Crippen LogP contribution is 2.29. The first-order valence-corrected chi connectivity index (χ1v) is 8.90. The fraction of sp³-hybridized carbons (Fsp3) is 0.412. The smallest absolute Gasteiger partial charge is 0.379 e. The van der Waals surface area contributed by atoms with Crippen LogP contribution in [0.1, 0.15) is 11.3 Å². The Morgan fingerprint density at radius 3 is 2.59 bits per heavy atom. The first kappa shape index (κ1) is 20.4. The van der Waals surface area contributed by atoms with Crippen molar-refractivity contribution >= 4 is 23.1 Å². The first-order valence-electron chi connectivity index (χ1n) is 8.90. The van der Waals surface area contributed by atoms with Crippen LogP contribution < -0.4 is 5.32 Å². The SMILES string of the molecule is Cc1c([N+](=O)[O-])c([N+](=O)[O-])nn1CC(=O)Nc1cccc(CN2CCOCC2)c1. The van der Waals surface area contributed by atoms with Gasteiger partial charge in [-0.15, -0.1) is 0 Å². The number of carbonyl (C=O) groups excluding carboxylic acids is 1. The van der Waals surface area contributed by atoms with Crippen LogP contribution in [-0.2, 0) is 22.6 Å². The van der Waals surface area contributed by atoms with Gasteiger partial charge >= 0.3 is 11.5 Å². The summed E-state index contributed by atoms with van der Waals surface area (Å²) < 4.78 is 6.29. The topological polar surface area (TPSA) is 146 Å². The normalized spacial score (nSPS) is 14.5. The lowest BCUT2D eigenvalue weighted by Gasteiger charge is -2.26. The molecule has 1 aromatic heterocycles. The molecule has 12 heteroatoms. The maximum atomic E-state index is 12.4. The second-order valence-corrected chi connectivity index (χ2v) is 6.57. The number of nitro groups is 2. The van der Waals surface area contributed by atoms with Crippen LogP contribution in [0.4, 0.5) is 17.2 Å². The predicted octanol–water partition coefficient (Wildman–Crippen LogP) is 1.48. The zero-order chi connectivity index (χ0) is 21.0. The molecule has 1 aliphatic rings.